The van der Waals surface area contributed by atoms with Crippen LogP contribution in [-0.2, 0) is 19.1 Å². The molecule has 14 heteroatoms. The molecule has 13 nitrogen and oxygen atoms in total. The Morgan fingerprint density at radius 2 is 1.70 bits per heavy atom. The molecular formula is C50H60N8O5S. The van der Waals surface area contributed by atoms with Gasteiger partial charge >= 0.3 is 0 Å². The average Bonchev–Trinajstić information content (AvgIpc) is 4.12. The van der Waals surface area contributed by atoms with Crippen LogP contribution in [-0.4, -0.2) is 80.7 Å². The molecule has 0 aliphatic carbocycles. The highest BCUT2D eigenvalue weighted by Crippen LogP contribution is 2.36. The zero-order valence-electron chi connectivity index (χ0n) is 38.2. The van der Waals surface area contributed by atoms with Crippen molar-refractivity contribution >= 4 is 40.4 Å². The number of hydrogen-bond donors (Lipinski definition) is 2. The van der Waals surface area contributed by atoms with E-state index in [9.17, 15) is 14.4 Å². The molecule has 336 valence electrons. The van der Waals surface area contributed by atoms with Crippen LogP contribution in [0.4, 0.5) is 11.4 Å². The first-order chi connectivity index (χ1) is 30.7. The number of likely N-dealkylation sites (tertiary alicyclic amines) is 1. The third-order valence-corrected chi connectivity index (χ3v) is 13.0. The van der Waals surface area contributed by atoms with Gasteiger partial charge in [-0.1, -0.05) is 62.3 Å². The fourth-order valence-corrected chi connectivity index (χ4v) is 9.22. The molecule has 6 aromatic rings. The number of carbonyl (C=O) groups is 3. The highest BCUT2D eigenvalue weighted by atomic mass is 32.1. The lowest BCUT2D eigenvalue weighted by Gasteiger charge is -2.35. The largest absolute Gasteiger partial charge is 0.372 e. The lowest BCUT2D eigenvalue weighted by molar-refractivity contribution is -0.144. The number of nitrogens with one attached hydrogen (secondary N) is 2. The third-order valence-electron chi connectivity index (χ3n) is 12.0. The van der Waals surface area contributed by atoms with Crippen molar-refractivity contribution < 1.29 is 23.6 Å². The molecule has 0 bridgehead atoms. The summed E-state index contributed by atoms with van der Waals surface area (Å²) in [6.45, 7) is 17.0. The van der Waals surface area contributed by atoms with Crippen molar-refractivity contribution in [2.24, 2.45) is 5.41 Å². The van der Waals surface area contributed by atoms with E-state index in [4.69, 9.17) is 9.26 Å². The van der Waals surface area contributed by atoms with Crippen molar-refractivity contribution in [3.05, 3.63) is 119 Å². The summed E-state index contributed by atoms with van der Waals surface area (Å²) in [6.07, 6.45) is 8.22. The van der Waals surface area contributed by atoms with Gasteiger partial charge in [0.1, 0.15) is 24.5 Å². The topological polar surface area (TPSA) is 148 Å². The summed E-state index contributed by atoms with van der Waals surface area (Å²) >= 11 is 1.60. The minimum atomic E-state index is -0.838. The first-order valence-electron chi connectivity index (χ1n) is 22.1. The van der Waals surface area contributed by atoms with Gasteiger partial charge in [-0.25, -0.2) is 9.97 Å². The summed E-state index contributed by atoms with van der Waals surface area (Å²) in [6, 6.07) is 21.3. The second-order valence-corrected chi connectivity index (χ2v) is 18.6. The minimum Gasteiger partial charge on any atom is -0.372 e. The molecular weight excluding hydrogens is 825 g/mol. The predicted molar refractivity (Wildman–Crippen MR) is 252 cm³/mol. The molecule has 4 heterocycles. The molecule has 0 saturated carbocycles. The number of amides is 3. The van der Waals surface area contributed by atoms with Gasteiger partial charge in [0.25, 0.3) is 0 Å². The Hall–Kier alpha value is -6.12. The standard InChI is InChI=1S/C50H60N8O5S/c1-32-13-14-39(45-34(3)55-63-36(45)5)28-43(32)57(41-21-19-40(20-22-41)56-26-23-51-30-56)24-9-10-27-62-29-44(59)54-47(50(6,7)8)49(61)58-25-11-12-42(58)48(60)53-33(2)37-15-17-38(18-16-37)46-35(4)52-31-64-46/h13-23,26,28,30-31,33,42,47H,9-12,24-25,27,29H2,1-8H3,(H,53,60)(H,54,59)/t33-,42-,47+/m0/s1. The van der Waals surface area contributed by atoms with Crippen LogP contribution >= 0.6 is 11.3 Å². The number of benzene rings is 3. The lowest BCUT2D eigenvalue weighted by atomic mass is 9.85. The van der Waals surface area contributed by atoms with Gasteiger partial charge in [-0.05, 0) is 118 Å². The molecule has 3 aromatic heterocycles. The van der Waals surface area contributed by atoms with Crippen LogP contribution in [0.5, 0.6) is 0 Å². The number of aromatic nitrogens is 4. The highest BCUT2D eigenvalue weighted by Gasteiger charge is 2.42. The maximum absolute atomic E-state index is 14.2. The Kier molecular flexibility index (Phi) is 14.4. The van der Waals surface area contributed by atoms with Crippen LogP contribution in [0.1, 0.15) is 87.7 Å². The third kappa shape index (κ3) is 10.6. The van der Waals surface area contributed by atoms with Crippen molar-refractivity contribution in [3.8, 4) is 27.3 Å². The summed E-state index contributed by atoms with van der Waals surface area (Å²) in [7, 11) is 0. The summed E-state index contributed by atoms with van der Waals surface area (Å²) < 4.78 is 13.4. The molecule has 0 spiro atoms. The van der Waals surface area contributed by atoms with Gasteiger partial charge in [-0.15, -0.1) is 11.3 Å². The number of unbranched alkanes of at least 4 members (excludes halogenated alkanes) is 1. The molecule has 3 aromatic carbocycles. The average molecular weight is 885 g/mol. The molecule has 1 aliphatic heterocycles. The first-order valence-corrected chi connectivity index (χ1v) is 23.0. The number of nitrogens with zero attached hydrogens (tertiary/aromatic N) is 6. The number of imidazole rings is 1. The van der Waals surface area contributed by atoms with Gasteiger partial charge in [0.05, 0.1) is 34.1 Å². The molecule has 1 aliphatic rings. The van der Waals surface area contributed by atoms with Gasteiger partial charge in [0.2, 0.25) is 17.7 Å². The molecule has 1 fully saturated rings. The molecule has 3 amide bonds. The fourth-order valence-electron chi connectivity index (χ4n) is 8.41. The SMILES string of the molecule is Cc1ccc(-c2c(C)noc2C)cc1N(CCCCOCC(=O)N[C@H](C(=O)N1CCC[C@H]1C(=O)N[C@@H](C)c1ccc(-c2scnc2C)cc1)C(C)(C)C)c1ccc(-n2ccnc2)cc1. The molecule has 7 rings (SSSR count). The minimum absolute atomic E-state index is 0.180. The number of hydrogen-bond acceptors (Lipinski definition) is 10. The molecule has 64 heavy (non-hydrogen) atoms. The normalized spacial score (nSPS) is 14.9. The van der Waals surface area contributed by atoms with Crippen molar-refractivity contribution in [3.63, 3.8) is 0 Å². The Balaban J connectivity index is 0.936. The first kappa shape index (κ1) is 45.9. The van der Waals surface area contributed by atoms with Gasteiger partial charge in [0.15, 0.2) is 0 Å². The number of thiazole rings is 1. The van der Waals surface area contributed by atoms with E-state index < -0.39 is 17.5 Å². The molecule has 0 radical (unpaired) electrons. The van der Waals surface area contributed by atoms with Gasteiger partial charge < -0.3 is 34.3 Å². The van der Waals surface area contributed by atoms with E-state index in [2.05, 4.69) is 80.0 Å². The van der Waals surface area contributed by atoms with Crippen molar-refractivity contribution in [2.45, 2.75) is 99.2 Å². The Morgan fingerprint density at radius 3 is 2.36 bits per heavy atom. The van der Waals surface area contributed by atoms with Crippen molar-refractivity contribution in [1.29, 1.82) is 0 Å². The van der Waals surface area contributed by atoms with Crippen LogP contribution in [0.25, 0.3) is 27.3 Å². The molecule has 3 atom stereocenters. The van der Waals surface area contributed by atoms with E-state index >= 15 is 0 Å². The quantitative estimate of drug-likeness (QED) is 0.0856. The molecule has 1 saturated heterocycles. The predicted octanol–water partition coefficient (Wildman–Crippen LogP) is 9.22. The maximum atomic E-state index is 14.2. The van der Waals surface area contributed by atoms with Crippen LogP contribution < -0.4 is 15.5 Å². The van der Waals surface area contributed by atoms with Gasteiger partial charge in [0, 0.05) is 54.7 Å². The smallest absolute Gasteiger partial charge is 0.246 e. The van der Waals surface area contributed by atoms with Crippen molar-refractivity contribution in [1.82, 2.24) is 35.2 Å². The van der Waals surface area contributed by atoms with Crippen LogP contribution in [0.3, 0.4) is 0 Å². The van der Waals surface area contributed by atoms with E-state index in [1.165, 1.54) is 0 Å². The van der Waals surface area contributed by atoms with Crippen LogP contribution in [0.2, 0.25) is 0 Å². The Morgan fingerprint density at radius 1 is 0.953 bits per heavy atom. The highest BCUT2D eigenvalue weighted by molar-refractivity contribution is 7.13. The second kappa shape index (κ2) is 20.2. The number of aryl methyl sites for hydroxylation is 4. The molecule has 0 unspecified atom stereocenters. The van der Waals surface area contributed by atoms with Crippen LogP contribution in [0, 0.1) is 33.1 Å². The Bertz CT molecular complexity index is 2500. The van der Waals surface area contributed by atoms with Crippen molar-refractivity contribution in [2.75, 3.05) is 31.2 Å². The molecule has 2 N–H and O–H groups in total. The monoisotopic (exact) mass is 884 g/mol. The lowest BCUT2D eigenvalue weighted by Crippen LogP contribution is -2.58. The summed E-state index contributed by atoms with van der Waals surface area (Å²) in [5.74, 6) is -0.0542. The van der Waals surface area contributed by atoms with Gasteiger partial charge in [-0.3, -0.25) is 14.4 Å². The van der Waals surface area contributed by atoms with Gasteiger partial charge in [-0.2, -0.15) is 0 Å². The number of ether oxygens (including phenoxy) is 1. The maximum Gasteiger partial charge on any atom is 0.246 e. The number of anilines is 2. The zero-order chi connectivity index (χ0) is 45.5. The second-order valence-electron chi connectivity index (χ2n) is 17.8. The summed E-state index contributed by atoms with van der Waals surface area (Å²) in [5, 5.41) is 10.3. The van der Waals surface area contributed by atoms with E-state index in [-0.39, 0.29) is 30.4 Å². The number of carbonyl (C=O) groups excluding carboxylic acids is 3. The summed E-state index contributed by atoms with van der Waals surface area (Å²) in [4.78, 5) is 54.9. The summed E-state index contributed by atoms with van der Waals surface area (Å²) in [5.41, 5.74) is 11.4. The zero-order valence-corrected chi connectivity index (χ0v) is 39.0. The number of rotatable bonds is 17. The van der Waals surface area contributed by atoms with E-state index in [0.717, 1.165) is 73.3 Å². The van der Waals surface area contributed by atoms with Crippen LogP contribution in [0.15, 0.2) is 95.5 Å². The van der Waals surface area contributed by atoms with E-state index in [0.29, 0.717) is 39.0 Å². The van der Waals surface area contributed by atoms with E-state index in [1.54, 1.807) is 28.8 Å². The Labute approximate surface area is 380 Å². The fraction of sp³-hybridized carbons (Fsp3) is 0.400. The van der Waals surface area contributed by atoms with E-state index in [1.807, 2.05) is 89.0 Å².